The predicted molar refractivity (Wildman–Crippen MR) is 144 cm³/mol. The van der Waals surface area contributed by atoms with E-state index in [2.05, 4.69) is 43.8 Å². The number of nitrogens with zero attached hydrogens (tertiary/aromatic N) is 1. The van der Waals surface area contributed by atoms with E-state index in [1.165, 1.54) is 6.21 Å². The van der Waals surface area contributed by atoms with Crippen molar-refractivity contribution in [2.75, 3.05) is 31.7 Å². The van der Waals surface area contributed by atoms with Crippen molar-refractivity contribution in [3.8, 4) is 11.5 Å². The van der Waals surface area contributed by atoms with Gasteiger partial charge in [-0.05, 0) is 78.3 Å². The quantitative estimate of drug-likeness (QED) is 0.161. The van der Waals surface area contributed by atoms with Gasteiger partial charge >= 0.3 is 11.8 Å². The first-order valence-corrected chi connectivity index (χ1v) is 12.7. The van der Waals surface area contributed by atoms with Gasteiger partial charge < -0.3 is 24.8 Å². The lowest BCUT2D eigenvalue weighted by atomic mass is 10.2. The molecule has 3 rings (SSSR count). The fraction of sp³-hybridized carbons (Fsp3) is 0.333. The van der Waals surface area contributed by atoms with Gasteiger partial charge in [0.15, 0.2) is 18.1 Å². The number of amides is 3. The third-order valence-corrected chi connectivity index (χ3v) is 5.92. The Bertz CT molecular complexity index is 1120. The number of hydrazone groups is 1. The second kappa shape index (κ2) is 14.0. The maximum absolute atomic E-state index is 12.3. The minimum Gasteiger partial charge on any atom is -0.490 e. The van der Waals surface area contributed by atoms with Crippen LogP contribution in [0.1, 0.15) is 25.3 Å². The highest BCUT2D eigenvalue weighted by Gasteiger charge is 2.19. The van der Waals surface area contributed by atoms with E-state index in [4.69, 9.17) is 25.8 Å². The van der Waals surface area contributed by atoms with Crippen LogP contribution in [0.15, 0.2) is 41.5 Å². The maximum atomic E-state index is 12.3. The zero-order chi connectivity index (χ0) is 25.9. The summed E-state index contributed by atoms with van der Waals surface area (Å²) in [5.74, 6) is -1.22. The van der Waals surface area contributed by atoms with Crippen molar-refractivity contribution in [1.82, 2.24) is 10.7 Å². The topological polar surface area (TPSA) is 127 Å². The van der Waals surface area contributed by atoms with Gasteiger partial charge in [0.05, 0.1) is 22.5 Å². The first-order chi connectivity index (χ1) is 17.4. The van der Waals surface area contributed by atoms with Gasteiger partial charge in [0.25, 0.3) is 5.91 Å². The first kappa shape index (κ1) is 27.7. The standard InChI is InChI=1S/C24H26ClIN4O6/c1-2-34-20-10-15(12-28-30-24(33)23(32)27-13-18-7-4-8-35-18)9-19(26)22(20)36-14-21(31)29-17-6-3-5-16(25)11-17/h3,5-6,9-12,18H,2,4,7-8,13-14H2,1H3,(H,27,32)(H,29,31)(H,30,33)/b28-12-/t18-/m1/s1. The number of halogens is 2. The fourth-order valence-corrected chi connectivity index (χ4v) is 4.25. The summed E-state index contributed by atoms with van der Waals surface area (Å²) in [6.07, 6.45) is 3.12. The van der Waals surface area contributed by atoms with Crippen molar-refractivity contribution >= 4 is 63.8 Å². The Labute approximate surface area is 227 Å². The van der Waals surface area contributed by atoms with Crippen molar-refractivity contribution in [3.63, 3.8) is 0 Å². The third-order valence-electron chi connectivity index (χ3n) is 4.89. The van der Waals surface area contributed by atoms with E-state index >= 15 is 0 Å². The van der Waals surface area contributed by atoms with Gasteiger partial charge in [0, 0.05) is 23.9 Å². The molecule has 2 aromatic rings. The molecule has 0 spiro atoms. The minimum atomic E-state index is -0.880. The lowest BCUT2D eigenvalue weighted by Crippen LogP contribution is -2.41. The molecule has 36 heavy (non-hydrogen) atoms. The SMILES string of the molecule is CCOc1cc(/C=N\NC(=O)C(=O)NC[C@H]2CCCO2)cc(I)c1OCC(=O)Nc1cccc(Cl)c1. The monoisotopic (exact) mass is 628 g/mol. The number of hydrogen-bond donors (Lipinski definition) is 3. The van der Waals surface area contributed by atoms with Crippen LogP contribution < -0.4 is 25.5 Å². The summed E-state index contributed by atoms with van der Waals surface area (Å²) in [5, 5.41) is 9.60. The molecule has 0 bridgehead atoms. The van der Waals surface area contributed by atoms with Gasteiger partial charge in [0.1, 0.15) is 0 Å². The van der Waals surface area contributed by atoms with Crippen LogP contribution in [0.25, 0.3) is 0 Å². The summed E-state index contributed by atoms with van der Waals surface area (Å²) in [5.41, 5.74) is 3.36. The number of benzene rings is 2. The summed E-state index contributed by atoms with van der Waals surface area (Å²) in [7, 11) is 0. The Hall–Kier alpha value is -2.90. The molecule has 1 fully saturated rings. The molecular weight excluding hydrogens is 603 g/mol. The summed E-state index contributed by atoms with van der Waals surface area (Å²) >= 11 is 7.99. The normalized spacial score (nSPS) is 14.9. The number of carbonyl (C=O) groups excluding carboxylic acids is 3. The summed E-state index contributed by atoms with van der Waals surface area (Å²) < 4.78 is 17.5. The lowest BCUT2D eigenvalue weighted by molar-refractivity contribution is -0.139. The summed E-state index contributed by atoms with van der Waals surface area (Å²) in [6.45, 7) is 2.89. The highest BCUT2D eigenvalue weighted by molar-refractivity contribution is 14.1. The third kappa shape index (κ3) is 8.64. The molecule has 1 saturated heterocycles. The number of anilines is 1. The lowest BCUT2D eigenvalue weighted by Gasteiger charge is -2.14. The van der Waals surface area contributed by atoms with E-state index in [0.717, 1.165) is 12.8 Å². The Kier molecular flexibility index (Phi) is 10.8. The molecule has 1 atom stereocenters. The van der Waals surface area contributed by atoms with Crippen molar-refractivity contribution < 1.29 is 28.6 Å². The van der Waals surface area contributed by atoms with Gasteiger partial charge in [-0.15, -0.1) is 0 Å². The Morgan fingerprint density at radius 3 is 2.78 bits per heavy atom. The molecule has 0 unspecified atom stereocenters. The number of rotatable bonds is 10. The zero-order valence-corrected chi connectivity index (χ0v) is 22.4. The summed E-state index contributed by atoms with van der Waals surface area (Å²) in [4.78, 5) is 36.2. The van der Waals surface area contributed by atoms with E-state index in [1.54, 1.807) is 36.4 Å². The fourth-order valence-electron chi connectivity index (χ4n) is 3.27. The summed E-state index contributed by atoms with van der Waals surface area (Å²) in [6, 6.07) is 10.2. The van der Waals surface area contributed by atoms with Crippen LogP contribution in [0.4, 0.5) is 5.69 Å². The zero-order valence-electron chi connectivity index (χ0n) is 19.5. The van der Waals surface area contributed by atoms with Crippen LogP contribution in [-0.2, 0) is 19.1 Å². The van der Waals surface area contributed by atoms with Gasteiger partial charge in [0.2, 0.25) is 0 Å². The molecule has 2 aromatic carbocycles. The second-order valence-corrected chi connectivity index (χ2v) is 9.25. The van der Waals surface area contributed by atoms with E-state index in [1.807, 2.05) is 6.92 Å². The van der Waals surface area contributed by atoms with Gasteiger partial charge in [-0.1, -0.05) is 17.7 Å². The molecule has 0 radical (unpaired) electrons. The largest absolute Gasteiger partial charge is 0.490 e. The van der Waals surface area contributed by atoms with Crippen LogP contribution in [0.5, 0.6) is 11.5 Å². The molecule has 0 saturated carbocycles. The van der Waals surface area contributed by atoms with Gasteiger partial charge in [-0.25, -0.2) is 5.43 Å². The van der Waals surface area contributed by atoms with E-state index in [0.29, 0.717) is 44.6 Å². The predicted octanol–water partition coefficient (Wildman–Crippen LogP) is 3.11. The van der Waals surface area contributed by atoms with Crippen LogP contribution in [-0.4, -0.2) is 56.4 Å². The van der Waals surface area contributed by atoms with Crippen molar-refractivity contribution in [3.05, 3.63) is 50.6 Å². The molecular formula is C24H26ClIN4O6. The molecule has 3 N–H and O–H groups in total. The number of nitrogens with one attached hydrogen (secondary N) is 3. The molecule has 3 amide bonds. The number of ether oxygens (including phenoxy) is 3. The second-order valence-electron chi connectivity index (χ2n) is 7.65. The van der Waals surface area contributed by atoms with E-state index in [-0.39, 0.29) is 25.2 Å². The number of hydrogen-bond acceptors (Lipinski definition) is 7. The average Bonchev–Trinajstić information content (AvgIpc) is 3.36. The molecule has 1 heterocycles. The molecule has 0 aromatic heterocycles. The Balaban J connectivity index is 1.56. The molecule has 192 valence electrons. The molecule has 1 aliphatic rings. The molecule has 0 aliphatic carbocycles. The minimum absolute atomic E-state index is 0.0621. The van der Waals surface area contributed by atoms with E-state index < -0.39 is 11.8 Å². The highest BCUT2D eigenvalue weighted by atomic mass is 127. The van der Waals surface area contributed by atoms with Crippen LogP contribution >= 0.6 is 34.2 Å². The maximum Gasteiger partial charge on any atom is 0.329 e. The van der Waals surface area contributed by atoms with Crippen molar-refractivity contribution in [1.29, 1.82) is 0 Å². The van der Waals surface area contributed by atoms with Gasteiger partial charge in [-0.2, -0.15) is 5.10 Å². The molecule has 10 nitrogen and oxygen atoms in total. The van der Waals surface area contributed by atoms with Gasteiger partial charge in [-0.3, -0.25) is 14.4 Å². The van der Waals surface area contributed by atoms with Crippen LogP contribution in [0.3, 0.4) is 0 Å². The molecule has 12 heteroatoms. The van der Waals surface area contributed by atoms with Crippen molar-refractivity contribution in [2.45, 2.75) is 25.9 Å². The smallest absolute Gasteiger partial charge is 0.329 e. The molecule has 1 aliphatic heterocycles. The highest BCUT2D eigenvalue weighted by Crippen LogP contribution is 2.34. The van der Waals surface area contributed by atoms with Crippen LogP contribution in [0, 0.1) is 3.57 Å². The van der Waals surface area contributed by atoms with Crippen molar-refractivity contribution in [2.24, 2.45) is 5.10 Å². The average molecular weight is 629 g/mol. The Morgan fingerprint density at radius 1 is 1.22 bits per heavy atom. The van der Waals surface area contributed by atoms with E-state index in [9.17, 15) is 14.4 Å². The number of carbonyl (C=O) groups is 3. The first-order valence-electron chi connectivity index (χ1n) is 11.2. The Morgan fingerprint density at radius 2 is 2.06 bits per heavy atom. The van der Waals surface area contributed by atoms with Crippen LogP contribution in [0.2, 0.25) is 5.02 Å².